The molecule has 0 aliphatic heterocycles. The van der Waals surface area contributed by atoms with Crippen molar-refractivity contribution in [3.8, 4) is 5.75 Å². The fourth-order valence-corrected chi connectivity index (χ4v) is 3.95. The number of aryl methyl sites for hydroxylation is 1. The summed E-state index contributed by atoms with van der Waals surface area (Å²) in [6.45, 7) is 3.85. The van der Waals surface area contributed by atoms with E-state index in [1.165, 1.54) is 10.4 Å². The standard InChI is InChI=1S/C17H16O2S/c1-3-14-16(13-5-4-6-15(13)20-14)17(18)11-7-9-12(19-2)10-8-11/h3,7-10H,1,4-6H2,2H3. The maximum absolute atomic E-state index is 12.8. The van der Waals surface area contributed by atoms with Gasteiger partial charge < -0.3 is 4.74 Å². The van der Waals surface area contributed by atoms with E-state index >= 15 is 0 Å². The van der Waals surface area contributed by atoms with E-state index in [2.05, 4.69) is 6.58 Å². The number of rotatable bonds is 4. The van der Waals surface area contributed by atoms with Crippen molar-refractivity contribution in [2.24, 2.45) is 0 Å². The topological polar surface area (TPSA) is 26.3 Å². The minimum absolute atomic E-state index is 0.0990. The van der Waals surface area contributed by atoms with Crippen molar-refractivity contribution in [2.75, 3.05) is 7.11 Å². The van der Waals surface area contributed by atoms with Gasteiger partial charge in [0, 0.05) is 20.9 Å². The van der Waals surface area contributed by atoms with Gasteiger partial charge in [-0.1, -0.05) is 12.7 Å². The molecule has 0 saturated carbocycles. The van der Waals surface area contributed by atoms with Gasteiger partial charge in [-0.2, -0.15) is 0 Å². The molecule has 0 fully saturated rings. The van der Waals surface area contributed by atoms with Crippen molar-refractivity contribution in [1.82, 2.24) is 0 Å². The second-order valence-electron chi connectivity index (χ2n) is 4.86. The molecule has 1 heterocycles. The second-order valence-corrected chi connectivity index (χ2v) is 6.00. The van der Waals surface area contributed by atoms with Crippen molar-refractivity contribution in [2.45, 2.75) is 19.3 Å². The van der Waals surface area contributed by atoms with Crippen molar-refractivity contribution in [3.63, 3.8) is 0 Å². The van der Waals surface area contributed by atoms with E-state index in [1.807, 2.05) is 24.3 Å². The molecule has 0 bridgehead atoms. The number of hydrogen-bond donors (Lipinski definition) is 0. The highest BCUT2D eigenvalue weighted by atomic mass is 32.1. The van der Waals surface area contributed by atoms with Gasteiger partial charge in [0.25, 0.3) is 0 Å². The third kappa shape index (κ3) is 2.08. The molecule has 1 aromatic heterocycles. The van der Waals surface area contributed by atoms with Crippen LogP contribution in [0.3, 0.4) is 0 Å². The van der Waals surface area contributed by atoms with Crippen LogP contribution < -0.4 is 4.74 Å². The highest BCUT2D eigenvalue weighted by Crippen LogP contribution is 2.37. The van der Waals surface area contributed by atoms with Crippen LogP contribution in [0.25, 0.3) is 6.08 Å². The first kappa shape index (κ1) is 13.1. The van der Waals surface area contributed by atoms with Gasteiger partial charge in [-0.25, -0.2) is 0 Å². The predicted molar refractivity (Wildman–Crippen MR) is 82.9 cm³/mol. The Morgan fingerprint density at radius 1 is 1.30 bits per heavy atom. The van der Waals surface area contributed by atoms with E-state index in [-0.39, 0.29) is 5.78 Å². The van der Waals surface area contributed by atoms with Gasteiger partial charge in [-0.15, -0.1) is 11.3 Å². The van der Waals surface area contributed by atoms with Crippen molar-refractivity contribution in [1.29, 1.82) is 0 Å². The summed E-state index contributed by atoms with van der Waals surface area (Å²) in [6.07, 6.45) is 5.06. The first-order chi connectivity index (χ1) is 9.74. The number of carbonyl (C=O) groups excluding carboxylic acids is 1. The van der Waals surface area contributed by atoms with Gasteiger partial charge in [-0.05, 0) is 49.1 Å². The molecule has 0 N–H and O–H groups in total. The van der Waals surface area contributed by atoms with Crippen LogP contribution in [0.1, 0.15) is 37.7 Å². The highest BCUT2D eigenvalue weighted by Gasteiger charge is 2.25. The molecule has 0 saturated heterocycles. The van der Waals surface area contributed by atoms with Crippen LogP contribution in [0.4, 0.5) is 0 Å². The lowest BCUT2D eigenvalue weighted by molar-refractivity contribution is 0.103. The Bertz CT molecular complexity index is 665. The summed E-state index contributed by atoms with van der Waals surface area (Å²) in [5.41, 5.74) is 2.81. The Morgan fingerprint density at radius 3 is 2.70 bits per heavy atom. The van der Waals surface area contributed by atoms with Gasteiger partial charge in [0.05, 0.1) is 7.11 Å². The van der Waals surface area contributed by atoms with Crippen molar-refractivity contribution >= 4 is 23.2 Å². The fourth-order valence-electron chi connectivity index (χ4n) is 2.70. The SMILES string of the molecule is C=Cc1sc2c(c1C(=O)c1ccc(OC)cc1)CCC2. The Labute approximate surface area is 122 Å². The number of methoxy groups -OCH3 is 1. The van der Waals surface area contributed by atoms with Crippen LogP contribution in [0.15, 0.2) is 30.8 Å². The van der Waals surface area contributed by atoms with Crippen LogP contribution in [-0.2, 0) is 12.8 Å². The lowest BCUT2D eigenvalue weighted by Crippen LogP contribution is -2.04. The Morgan fingerprint density at radius 2 is 2.05 bits per heavy atom. The quantitative estimate of drug-likeness (QED) is 0.789. The molecule has 2 aromatic rings. The first-order valence-electron chi connectivity index (χ1n) is 6.70. The number of hydrogen-bond acceptors (Lipinski definition) is 3. The molecule has 0 spiro atoms. The van der Waals surface area contributed by atoms with E-state index in [4.69, 9.17) is 4.74 Å². The normalized spacial score (nSPS) is 13.1. The van der Waals surface area contributed by atoms with Crippen LogP contribution in [0, 0.1) is 0 Å². The summed E-state index contributed by atoms with van der Waals surface area (Å²) < 4.78 is 5.13. The van der Waals surface area contributed by atoms with E-state index in [1.54, 1.807) is 24.5 Å². The molecule has 0 atom stereocenters. The summed E-state index contributed by atoms with van der Waals surface area (Å²) >= 11 is 1.72. The molecule has 0 amide bonds. The highest BCUT2D eigenvalue weighted by molar-refractivity contribution is 7.13. The Balaban J connectivity index is 2.03. The number of fused-ring (bicyclic) bond motifs is 1. The zero-order chi connectivity index (χ0) is 14.1. The van der Waals surface area contributed by atoms with Crippen molar-refractivity contribution in [3.05, 3.63) is 57.3 Å². The first-order valence-corrected chi connectivity index (χ1v) is 7.52. The molecule has 0 unspecified atom stereocenters. The van der Waals surface area contributed by atoms with Crippen molar-refractivity contribution < 1.29 is 9.53 Å². The zero-order valence-electron chi connectivity index (χ0n) is 11.4. The molecule has 0 radical (unpaired) electrons. The van der Waals surface area contributed by atoms with Crippen LogP contribution in [-0.4, -0.2) is 12.9 Å². The summed E-state index contributed by atoms with van der Waals surface area (Å²) in [5.74, 6) is 0.864. The lowest BCUT2D eigenvalue weighted by atomic mass is 9.98. The number of ketones is 1. The van der Waals surface area contributed by atoms with Gasteiger partial charge in [0.2, 0.25) is 0 Å². The number of ether oxygens (including phenoxy) is 1. The molecule has 1 aliphatic rings. The smallest absolute Gasteiger partial charge is 0.194 e. The summed E-state index contributed by atoms with van der Waals surface area (Å²) in [5, 5.41) is 0. The maximum Gasteiger partial charge on any atom is 0.194 e. The predicted octanol–water partition coefficient (Wildman–Crippen LogP) is 4.12. The summed E-state index contributed by atoms with van der Waals surface area (Å²) in [7, 11) is 1.62. The van der Waals surface area contributed by atoms with Crippen LogP contribution in [0.5, 0.6) is 5.75 Å². The fraction of sp³-hybridized carbons (Fsp3) is 0.235. The molecule has 2 nitrogen and oxygen atoms in total. The third-order valence-electron chi connectivity index (χ3n) is 3.71. The monoisotopic (exact) mass is 284 g/mol. The van der Waals surface area contributed by atoms with Gasteiger partial charge >= 0.3 is 0 Å². The molecular weight excluding hydrogens is 268 g/mol. The van der Waals surface area contributed by atoms with Crippen LogP contribution >= 0.6 is 11.3 Å². The minimum Gasteiger partial charge on any atom is -0.497 e. The largest absolute Gasteiger partial charge is 0.497 e. The van der Waals surface area contributed by atoms with E-state index < -0.39 is 0 Å². The number of benzene rings is 1. The molecule has 102 valence electrons. The lowest BCUT2D eigenvalue weighted by Gasteiger charge is -2.05. The second kappa shape index (κ2) is 5.25. The minimum atomic E-state index is 0.0990. The molecule has 3 heteroatoms. The van der Waals surface area contributed by atoms with Gasteiger partial charge in [0.15, 0.2) is 5.78 Å². The van der Waals surface area contributed by atoms with E-state index in [0.717, 1.165) is 35.5 Å². The van der Waals surface area contributed by atoms with Gasteiger partial charge in [0.1, 0.15) is 5.75 Å². The summed E-state index contributed by atoms with van der Waals surface area (Å²) in [4.78, 5) is 15.1. The molecule has 1 aromatic carbocycles. The Kier molecular flexibility index (Phi) is 3.45. The molecule has 1 aliphatic carbocycles. The van der Waals surface area contributed by atoms with Crippen LogP contribution in [0.2, 0.25) is 0 Å². The van der Waals surface area contributed by atoms with Gasteiger partial charge in [-0.3, -0.25) is 4.79 Å². The maximum atomic E-state index is 12.8. The third-order valence-corrected chi connectivity index (χ3v) is 5.00. The van der Waals surface area contributed by atoms with E-state index in [0.29, 0.717) is 5.56 Å². The molecular formula is C17H16O2S. The average Bonchev–Trinajstić information content (AvgIpc) is 3.06. The summed E-state index contributed by atoms with van der Waals surface area (Å²) in [6, 6.07) is 7.31. The number of carbonyl (C=O) groups is 1. The number of thiophene rings is 1. The zero-order valence-corrected chi connectivity index (χ0v) is 12.3. The average molecular weight is 284 g/mol. The molecule has 20 heavy (non-hydrogen) atoms. The molecule has 3 rings (SSSR count). The Hall–Kier alpha value is -1.87. The van der Waals surface area contributed by atoms with E-state index in [9.17, 15) is 4.79 Å².